The number of nitrogens with zero attached hydrogens (tertiary/aromatic N) is 2. The van der Waals surface area contributed by atoms with E-state index in [0.29, 0.717) is 32.1 Å². The van der Waals surface area contributed by atoms with E-state index in [-0.39, 0.29) is 22.1 Å². The number of amides is 1. The largest absolute Gasteiger partial charge is 0.507 e. The lowest BCUT2D eigenvalue weighted by Crippen LogP contribution is -2.41. The summed E-state index contributed by atoms with van der Waals surface area (Å²) >= 11 is 0. The molecule has 2 fully saturated rings. The van der Waals surface area contributed by atoms with E-state index < -0.39 is 22.6 Å². The van der Waals surface area contributed by atoms with Crippen LogP contribution in [-0.2, 0) is 19.6 Å². The van der Waals surface area contributed by atoms with Gasteiger partial charge in [0.05, 0.1) is 4.90 Å². The molecule has 1 N–H and O–H groups in total. The number of phenolic OH excluding ortho intramolecular Hbond substituents is 1. The Morgan fingerprint density at radius 2 is 1.89 bits per heavy atom. The standard InChI is InChI=1S/C19H26N2O6S/c1-14-5-4-8-20(12-14)18(23)13-27-19(24)16-11-15(6-7-17(16)22)28(25,26)21-9-2-3-10-21/h6-7,11,14,22H,2-5,8-10,12-13H2,1H3/t14-/m0/s1. The number of piperidine rings is 1. The van der Waals surface area contributed by atoms with Crippen molar-refractivity contribution < 1.29 is 27.9 Å². The number of likely N-dealkylation sites (tertiary alicyclic amines) is 1. The summed E-state index contributed by atoms with van der Waals surface area (Å²) in [7, 11) is -3.73. The lowest BCUT2D eigenvalue weighted by atomic mass is 10.0. The predicted molar refractivity (Wildman–Crippen MR) is 101 cm³/mol. The van der Waals surface area contributed by atoms with Gasteiger partial charge in [-0.1, -0.05) is 6.92 Å². The van der Waals surface area contributed by atoms with Crippen molar-refractivity contribution in [3.8, 4) is 5.75 Å². The van der Waals surface area contributed by atoms with Crippen LogP contribution in [0.1, 0.15) is 43.0 Å². The summed E-state index contributed by atoms with van der Waals surface area (Å²) in [6.07, 6.45) is 3.57. The molecule has 1 aromatic rings. The molecule has 2 aliphatic rings. The number of ether oxygens (including phenoxy) is 1. The highest BCUT2D eigenvalue weighted by Crippen LogP contribution is 2.26. The van der Waals surface area contributed by atoms with Crippen LogP contribution in [0.3, 0.4) is 0 Å². The first kappa shape index (κ1) is 20.6. The average molecular weight is 410 g/mol. The lowest BCUT2D eigenvalue weighted by molar-refractivity contribution is -0.136. The Labute approximate surface area is 165 Å². The van der Waals surface area contributed by atoms with Gasteiger partial charge >= 0.3 is 5.97 Å². The minimum Gasteiger partial charge on any atom is -0.507 e. The summed E-state index contributed by atoms with van der Waals surface area (Å²) in [5.74, 6) is -1.19. The first-order valence-corrected chi connectivity index (χ1v) is 11.0. The normalized spacial score (nSPS) is 20.9. The van der Waals surface area contributed by atoms with Crippen LogP contribution in [0.15, 0.2) is 23.1 Å². The van der Waals surface area contributed by atoms with Gasteiger partial charge in [-0.15, -0.1) is 0 Å². The highest BCUT2D eigenvalue weighted by atomic mass is 32.2. The summed E-state index contributed by atoms with van der Waals surface area (Å²) in [6, 6.07) is 3.53. The minimum absolute atomic E-state index is 0.0738. The van der Waals surface area contributed by atoms with Gasteiger partial charge in [-0.25, -0.2) is 13.2 Å². The second-order valence-electron chi connectivity index (χ2n) is 7.45. The molecule has 0 bridgehead atoms. The summed E-state index contributed by atoms with van der Waals surface area (Å²) in [5, 5.41) is 9.98. The Hall–Kier alpha value is -2.13. The van der Waals surface area contributed by atoms with E-state index in [9.17, 15) is 23.1 Å². The van der Waals surface area contributed by atoms with Gasteiger partial charge in [-0.3, -0.25) is 4.79 Å². The molecule has 8 nitrogen and oxygen atoms in total. The number of aromatic hydroxyl groups is 1. The summed E-state index contributed by atoms with van der Waals surface area (Å²) in [6.45, 7) is 3.77. The van der Waals surface area contributed by atoms with Crippen molar-refractivity contribution in [1.82, 2.24) is 9.21 Å². The zero-order valence-electron chi connectivity index (χ0n) is 16.0. The fourth-order valence-corrected chi connectivity index (χ4v) is 5.17. The second kappa shape index (κ2) is 8.48. The summed E-state index contributed by atoms with van der Waals surface area (Å²) in [5.41, 5.74) is -0.264. The van der Waals surface area contributed by atoms with Crippen LogP contribution in [-0.4, -0.2) is 67.4 Å². The fourth-order valence-electron chi connectivity index (χ4n) is 3.63. The predicted octanol–water partition coefficient (Wildman–Crippen LogP) is 1.59. The van der Waals surface area contributed by atoms with Gasteiger partial charge in [0, 0.05) is 26.2 Å². The van der Waals surface area contributed by atoms with Gasteiger partial charge in [-0.2, -0.15) is 4.31 Å². The van der Waals surface area contributed by atoms with Gasteiger partial charge in [0.25, 0.3) is 5.91 Å². The van der Waals surface area contributed by atoms with Crippen molar-refractivity contribution in [2.75, 3.05) is 32.8 Å². The van der Waals surface area contributed by atoms with Gasteiger partial charge in [0.1, 0.15) is 11.3 Å². The van der Waals surface area contributed by atoms with Crippen molar-refractivity contribution >= 4 is 21.9 Å². The highest BCUT2D eigenvalue weighted by Gasteiger charge is 2.29. The van der Waals surface area contributed by atoms with Crippen LogP contribution < -0.4 is 0 Å². The maximum atomic E-state index is 12.7. The highest BCUT2D eigenvalue weighted by molar-refractivity contribution is 7.89. The Kier molecular flexibility index (Phi) is 6.24. The number of hydrogen-bond donors (Lipinski definition) is 1. The van der Waals surface area contributed by atoms with E-state index in [2.05, 4.69) is 6.92 Å². The molecule has 0 saturated carbocycles. The Bertz CT molecular complexity index is 848. The molecule has 2 saturated heterocycles. The molecule has 0 spiro atoms. The molecule has 0 aliphatic carbocycles. The van der Waals surface area contributed by atoms with Crippen molar-refractivity contribution in [2.45, 2.75) is 37.5 Å². The molecule has 154 valence electrons. The number of hydrogen-bond acceptors (Lipinski definition) is 6. The lowest BCUT2D eigenvalue weighted by Gasteiger charge is -2.30. The Morgan fingerprint density at radius 1 is 1.18 bits per heavy atom. The molecule has 2 heterocycles. The van der Waals surface area contributed by atoms with E-state index in [0.717, 1.165) is 37.8 Å². The number of benzene rings is 1. The summed E-state index contributed by atoms with van der Waals surface area (Å²) in [4.78, 5) is 26.2. The van der Waals surface area contributed by atoms with E-state index >= 15 is 0 Å². The number of esters is 1. The molecule has 3 rings (SSSR count). The zero-order valence-corrected chi connectivity index (χ0v) is 16.8. The molecular formula is C19H26N2O6S. The van der Waals surface area contributed by atoms with Crippen LogP contribution in [0.5, 0.6) is 5.75 Å². The third kappa shape index (κ3) is 4.47. The quantitative estimate of drug-likeness (QED) is 0.740. The van der Waals surface area contributed by atoms with E-state index in [1.807, 2.05) is 0 Å². The monoisotopic (exact) mass is 410 g/mol. The number of rotatable bonds is 5. The van der Waals surface area contributed by atoms with Crippen LogP contribution in [0.2, 0.25) is 0 Å². The molecule has 2 aliphatic heterocycles. The summed E-state index contributed by atoms with van der Waals surface area (Å²) < 4.78 is 31.7. The van der Waals surface area contributed by atoms with Crippen LogP contribution in [0.25, 0.3) is 0 Å². The second-order valence-corrected chi connectivity index (χ2v) is 9.39. The number of carbonyl (C=O) groups is 2. The SMILES string of the molecule is C[C@H]1CCCN(C(=O)COC(=O)c2cc(S(=O)(=O)N3CCCC3)ccc2O)C1. The smallest absolute Gasteiger partial charge is 0.342 e. The van der Waals surface area contributed by atoms with E-state index in [1.165, 1.54) is 10.4 Å². The first-order valence-electron chi connectivity index (χ1n) is 9.57. The van der Waals surface area contributed by atoms with Crippen LogP contribution in [0.4, 0.5) is 0 Å². The molecule has 1 aromatic carbocycles. The van der Waals surface area contributed by atoms with Gasteiger partial charge in [0.15, 0.2) is 6.61 Å². The third-order valence-corrected chi connectivity index (χ3v) is 7.12. The molecule has 1 atom stereocenters. The molecule has 0 aromatic heterocycles. The van der Waals surface area contributed by atoms with Gasteiger partial charge in [0.2, 0.25) is 10.0 Å². The molecule has 9 heteroatoms. The zero-order chi connectivity index (χ0) is 20.3. The third-order valence-electron chi connectivity index (χ3n) is 5.23. The topological polar surface area (TPSA) is 104 Å². The van der Waals surface area contributed by atoms with Crippen LogP contribution in [0, 0.1) is 5.92 Å². The number of carbonyl (C=O) groups excluding carboxylic acids is 2. The fraction of sp³-hybridized carbons (Fsp3) is 0.579. The maximum Gasteiger partial charge on any atom is 0.342 e. The van der Waals surface area contributed by atoms with E-state index in [1.54, 1.807) is 4.90 Å². The van der Waals surface area contributed by atoms with Crippen molar-refractivity contribution in [2.24, 2.45) is 5.92 Å². The van der Waals surface area contributed by atoms with Gasteiger partial charge < -0.3 is 14.7 Å². The molecule has 0 unspecified atom stereocenters. The van der Waals surface area contributed by atoms with Crippen LogP contribution >= 0.6 is 0 Å². The molecule has 1 amide bonds. The molecular weight excluding hydrogens is 384 g/mol. The number of phenols is 1. The first-order chi connectivity index (χ1) is 13.3. The molecule has 0 radical (unpaired) electrons. The number of sulfonamides is 1. The molecule has 28 heavy (non-hydrogen) atoms. The Morgan fingerprint density at radius 3 is 2.57 bits per heavy atom. The Balaban J connectivity index is 1.68. The van der Waals surface area contributed by atoms with Crippen molar-refractivity contribution in [3.63, 3.8) is 0 Å². The van der Waals surface area contributed by atoms with Crippen molar-refractivity contribution in [3.05, 3.63) is 23.8 Å². The minimum atomic E-state index is -3.73. The van der Waals surface area contributed by atoms with Gasteiger partial charge in [-0.05, 0) is 49.8 Å². The van der Waals surface area contributed by atoms with Crippen molar-refractivity contribution in [1.29, 1.82) is 0 Å². The average Bonchev–Trinajstić information content (AvgIpc) is 3.21. The maximum absolute atomic E-state index is 12.7. The van der Waals surface area contributed by atoms with E-state index in [4.69, 9.17) is 4.74 Å².